The smallest absolute Gasteiger partial charge is 0.272 e. The molecule has 0 aliphatic rings. The van der Waals surface area contributed by atoms with E-state index in [0.29, 0.717) is 19.7 Å². The number of amides is 1. The maximum atomic E-state index is 12.7. The van der Waals surface area contributed by atoms with Crippen LogP contribution in [0.15, 0.2) is 18.3 Å². The number of hydrogen-bond donors (Lipinski definition) is 0. The van der Waals surface area contributed by atoms with Crippen LogP contribution in [0.5, 0.6) is 0 Å². The number of carbonyl (C=O) groups is 1. The molecular formula is C12H14FN3O2. The lowest BCUT2D eigenvalue weighted by Gasteiger charge is -2.20. The first-order chi connectivity index (χ1) is 8.69. The second-order valence-corrected chi connectivity index (χ2v) is 3.55. The SMILES string of the molecule is COCCN(CCC#N)C(=O)c1ccc(F)cn1. The maximum absolute atomic E-state index is 12.7. The van der Waals surface area contributed by atoms with E-state index in [9.17, 15) is 9.18 Å². The lowest BCUT2D eigenvalue weighted by Crippen LogP contribution is -2.35. The zero-order valence-corrected chi connectivity index (χ0v) is 10.1. The van der Waals surface area contributed by atoms with Crippen molar-refractivity contribution in [2.75, 3.05) is 26.8 Å². The van der Waals surface area contributed by atoms with Crippen LogP contribution in [-0.4, -0.2) is 42.6 Å². The Morgan fingerprint density at radius 2 is 2.33 bits per heavy atom. The predicted molar refractivity (Wildman–Crippen MR) is 62.2 cm³/mol. The van der Waals surface area contributed by atoms with Gasteiger partial charge in [0.2, 0.25) is 0 Å². The first-order valence-electron chi connectivity index (χ1n) is 5.45. The van der Waals surface area contributed by atoms with Gasteiger partial charge in [0.25, 0.3) is 5.91 Å². The molecule has 1 aromatic rings. The molecule has 5 nitrogen and oxygen atoms in total. The monoisotopic (exact) mass is 251 g/mol. The summed E-state index contributed by atoms with van der Waals surface area (Å²) in [6.07, 6.45) is 1.22. The number of aromatic nitrogens is 1. The van der Waals surface area contributed by atoms with Gasteiger partial charge in [0.15, 0.2) is 0 Å². The summed E-state index contributed by atoms with van der Waals surface area (Å²) in [7, 11) is 1.53. The molecule has 0 fully saturated rings. The summed E-state index contributed by atoms with van der Waals surface area (Å²) in [6, 6.07) is 4.48. The third kappa shape index (κ3) is 4.11. The van der Waals surface area contributed by atoms with Crippen LogP contribution in [0.3, 0.4) is 0 Å². The second-order valence-electron chi connectivity index (χ2n) is 3.55. The lowest BCUT2D eigenvalue weighted by atomic mass is 10.3. The highest BCUT2D eigenvalue weighted by Crippen LogP contribution is 2.04. The van der Waals surface area contributed by atoms with Gasteiger partial charge in [0, 0.05) is 20.2 Å². The summed E-state index contributed by atoms with van der Waals surface area (Å²) < 4.78 is 17.6. The molecule has 0 bridgehead atoms. The van der Waals surface area contributed by atoms with Crippen LogP contribution >= 0.6 is 0 Å². The van der Waals surface area contributed by atoms with Gasteiger partial charge in [-0.1, -0.05) is 0 Å². The minimum Gasteiger partial charge on any atom is -0.383 e. The van der Waals surface area contributed by atoms with E-state index in [1.165, 1.54) is 24.1 Å². The fraction of sp³-hybridized carbons (Fsp3) is 0.417. The minimum atomic E-state index is -0.494. The van der Waals surface area contributed by atoms with E-state index in [1.807, 2.05) is 6.07 Å². The first kappa shape index (κ1) is 14.1. The van der Waals surface area contributed by atoms with Crippen molar-refractivity contribution < 1.29 is 13.9 Å². The topological polar surface area (TPSA) is 66.2 Å². The maximum Gasteiger partial charge on any atom is 0.272 e. The standard InChI is InChI=1S/C12H14FN3O2/c1-18-8-7-16(6-2-5-14)12(17)11-4-3-10(13)9-15-11/h3-4,9H,2,6-8H2,1H3. The average molecular weight is 251 g/mol. The first-order valence-corrected chi connectivity index (χ1v) is 5.45. The van der Waals surface area contributed by atoms with Crippen molar-refractivity contribution in [3.63, 3.8) is 0 Å². The van der Waals surface area contributed by atoms with Crippen molar-refractivity contribution in [1.29, 1.82) is 5.26 Å². The number of methoxy groups -OCH3 is 1. The largest absolute Gasteiger partial charge is 0.383 e. The van der Waals surface area contributed by atoms with Crippen molar-refractivity contribution >= 4 is 5.91 Å². The Hall–Kier alpha value is -2.00. The van der Waals surface area contributed by atoms with Gasteiger partial charge in [0.1, 0.15) is 11.5 Å². The molecule has 0 radical (unpaired) electrons. The van der Waals surface area contributed by atoms with Crippen molar-refractivity contribution in [2.45, 2.75) is 6.42 Å². The van der Waals surface area contributed by atoms with Crippen molar-refractivity contribution in [2.24, 2.45) is 0 Å². The van der Waals surface area contributed by atoms with Gasteiger partial charge in [0.05, 0.1) is 25.3 Å². The van der Waals surface area contributed by atoms with Crippen molar-refractivity contribution in [3.05, 3.63) is 29.8 Å². The lowest BCUT2D eigenvalue weighted by molar-refractivity contribution is 0.0694. The molecule has 0 N–H and O–H groups in total. The number of nitrogens with zero attached hydrogens (tertiary/aromatic N) is 3. The van der Waals surface area contributed by atoms with Crippen LogP contribution < -0.4 is 0 Å². The van der Waals surface area contributed by atoms with Gasteiger partial charge in [-0.3, -0.25) is 4.79 Å². The molecule has 1 amide bonds. The molecule has 6 heteroatoms. The van der Waals surface area contributed by atoms with Crippen molar-refractivity contribution in [3.8, 4) is 6.07 Å². The van der Waals surface area contributed by atoms with Gasteiger partial charge < -0.3 is 9.64 Å². The Labute approximate surface area is 105 Å². The van der Waals surface area contributed by atoms with E-state index in [2.05, 4.69) is 4.98 Å². The van der Waals surface area contributed by atoms with Crippen LogP contribution in [-0.2, 0) is 4.74 Å². The quantitative estimate of drug-likeness (QED) is 0.762. The number of halogens is 1. The highest BCUT2D eigenvalue weighted by atomic mass is 19.1. The number of carbonyl (C=O) groups excluding carboxylic acids is 1. The van der Waals surface area contributed by atoms with E-state index in [1.54, 1.807) is 0 Å². The highest BCUT2D eigenvalue weighted by Gasteiger charge is 2.16. The van der Waals surface area contributed by atoms with Crippen LogP contribution in [0.25, 0.3) is 0 Å². The van der Waals surface area contributed by atoms with E-state index < -0.39 is 5.82 Å². The Morgan fingerprint density at radius 1 is 1.56 bits per heavy atom. The third-order valence-corrected chi connectivity index (χ3v) is 2.29. The van der Waals surface area contributed by atoms with E-state index in [4.69, 9.17) is 10.00 Å². The average Bonchev–Trinajstić information content (AvgIpc) is 2.39. The summed E-state index contributed by atoms with van der Waals surface area (Å²) in [5.74, 6) is -0.825. The molecule has 0 aliphatic heterocycles. The molecule has 1 aromatic heterocycles. The minimum absolute atomic E-state index is 0.158. The molecule has 0 saturated heterocycles. The van der Waals surface area contributed by atoms with E-state index in [-0.39, 0.29) is 18.0 Å². The zero-order chi connectivity index (χ0) is 13.4. The number of rotatable bonds is 6. The normalized spacial score (nSPS) is 9.83. The molecule has 0 aromatic carbocycles. The molecule has 0 atom stereocenters. The number of pyridine rings is 1. The number of ether oxygens (including phenoxy) is 1. The Kier molecular flexibility index (Phi) is 5.74. The number of nitriles is 1. The highest BCUT2D eigenvalue weighted by molar-refractivity contribution is 5.92. The Bertz CT molecular complexity index is 428. The Balaban J connectivity index is 2.74. The molecule has 1 rings (SSSR count). The Morgan fingerprint density at radius 3 is 2.89 bits per heavy atom. The third-order valence-electron chi connectivity index (χ3n) is 2.29. The van der Waals surface area contributed by atoms with Gasteiger partial charge in [-0.25, -0.2) is 9.37 Å². The summed E-state index contributed by atoms with van der Waals surface area (Å²) in [6.45, 7) is 1.05. The molecule has 96 valence electrons. The molecule has 0 aliphatic carbocycles. The number of hydrogen-bond acceptors (Lipinski definition) is 4. The van der Waals surface area contributed by atoms with Crippen LogP contribution in [0, 0.1) is 17.1 Å². The molecule has 0 unspecified atom stereocenters. The molecule has 1 heterocycles. The molecular weight excluding hydrogens is 237 g/mol. The zero-order valence-electron chi connectivity index (χ0n) is 10.1. The summed E-state index contributed by atoms with van der Waals surface area (Å²) >= 11 is 0. The predicted octanol–water partition coefficient (Wildman–Crippen LogP) is 1.22. The van der Waals surface area contributed by atoms with Crippen molar-refractivity contribution in [1.82, 2.24) is 9.88 Å². The van der Waals surface area contributed by atoms with Gasteiger partial charge in [-0.15, -0.1) is 0 Å². The fourth-order valence-electron chi connectivity index (χ4n) is 1.37. The van der Waals surface area contributed by atoms with E-state index in [0.717, 1.165) is 6.20 Å². The summed E-state index contributed by atoms with van der Waals surface area (Å²) in [5, 5.41) is 8.54. The molecule has 18 heavy (non-hydrogen) atoms. The van der Waals surface area contributed by atoms with E-state index >= 15 is 0 Å². The molecule has 0 spiro atoms. The van der Waals surface area contributed by atoms with Gasteiger partial charge >= 0.3 is 0 Å². The van der Waals surface area contributed by atoms with Crippen LogP contribution in [0.2, 0.25) is 0 Å². The second kappa shape index (κ2) is 7.35. The summed E-state index contributed by atoms with van der Waals surface area (Å²) in [4.78, 5) is 17.2. The van der Waals surface area contributed by atoms with Crippen LogP contribution in [0.4, 0.5) is 4.39 Å². The molecule has 0 saturated carbocycles. The fourth-order valence-corrected chi connectivity index (χ4v) is 1.37. The van der Waals surface area contributed by atoms with Gasteiger partial charge in [-0.2, -0.15) is 5.26 Å². The summed E-state index contributed by atoms with van der Waals surface area (Å²) in [5.41, 5.74) is 0.158. The van der Waals surface area contributed by atoms with Crippen LogP contribution in [0.1, 0.15) is 16.9 Å². The van der Waals surface area contributed by atoms with Gasteiger partial charge in [-0.05, 0) is 12.1 Å².